The molecule has 3 heterocycles. The van der Waals surface area contributed by atoms with Crippen LogP contribution >= 0.6 is 0 Å². The molecule has 0 bridgehead atoms. The smallest absolute Gasteiger partial charge is 0.153 e. The van der Waals surface area contributed by atoms with E-state index in [0.29, 0.717) is 0 Å². The van der Waals surface area contributed by atoms with Crippen LogP contribution in [0.3, 0.4) is 0 Å². The normalized spacial score (nSPS) is 15.4. The second-order valence-electron chi connectivity index (χ2n) is 8.18. The quantitative estimate of drug-likeness (QED) is 0.481. The van der Waals surface area contributed by atoms with Crippen molar-refractivity contribution in [2.24, 2.45) is 0 Å². The molecule has 3 aromatic rings. The number of piperazine rings is 1. The van der Waals surface area contributed by atoms with E-state index in [9.17, 15) is 4.39 Å². The third-order valence-corrected chi connectivity index (χ3v) is 6.05. The molecule has 0 radical (unpaired) electrons. The fraction of sp³-hybridized carbons (Fsp3) is 0.259. The van der Waals surface area contributed by atoms with Gasteiger partial charge in [-0.3, -0.25) is 4.90 Å². The highest BCUT2D eigenvalue weighted by Gasteiger charge is 2.21. The van der Waals surface area contributed by atoms with E-state index >= 15 is 0 Å². The second kappa shape index (κ2) is 10.4. The van der Waals surface area contributed by atoms with Crippen molar-refractivity contribution in [1.29, 1.82) is 0 Å². The van der Waals surface area contributed by atoms with E-state index in [1.807, 2.05) is 60.3 Å². The third-order valence-electron chi connectivity index (χ3n) is 6.05. The Balaban J connectivity index is 1.40. The van der Waals surface area contributed by atoms with Gasteiger partial charge in [0.05, 0.1) is 6.20 Å². The number of aromatic nitrogens is 3. The van der Waals surface area contributed by atoms with Crippen LogP contribution in [-0.4, -0.2) is 50.7 Å². The molecule has 0 N–H and O–H groups in total. The Morgan fingerprint density at radius 1 is 1.09 bits per heavy atom. The Morgan fingerprint density at radius 2 is 1.85 bits per heavy atom. The summed E-state index contributed by atoms with van der Waals surface area (Å²) in [7, 11) is 0. The van der Waals surface area contributed by atoms with Crippen LogP contribution in [-0.2, 0) is 6.54 Å². The van der Waals surface area contributed by atoms with Crippen LogP contribution in [0.25, 0.3) is 11.4 Å². The summed E-state index contributed by atoms with van der Waals surface area (Å²) in [5.74, 6) is 0.605. The summed E-state index contributed by atoms with van der Waals surface area (Å²) in [5.41, 5.74) is 5.30. The zero-order valence-electron chi connectivity index (χ0n) is 19.3. The molecule has 5 nitrogen and oxygen atoms in total. The van der Waals surface area contributed by atoms with Crippen molar-refractivity contribution in [3.05, 3.63) is 108 Å². The van der Waals surface area contributed by atoms with E-state index in [1.165, 1.54) is 17.7 Å². The van der Waals surface area contributed by atoms with Gasteiger partial charge in [0.15, 0.2) is 5.82 Å². The number of benzene rings is 1. The number of nitrogens with zero attached hydrogens (tertiary/aromatic N) is 5. The molecule has 0 amide bonds. The van der Waals surface area contributed by atoms with E-state index in [1.54, 1.807) is 6.20 Å². The van der Waals surface area contributed by atoms with Crippen molar-refractivity contribution in [1.82, 2.24) is 24.6 Å². The predicted octanol–water partition coefficient (Wildman–Crippen LogP) is 5.01. The summed E-state index contributed by atoms with van der Waals surface area (Å²) in [6.45, 7) is 13.0. The number of hydrogen-bond donors (Lipinski definition) is 0. The minimum absolute atomic E-state index is 0.231. The molecule has 6 heteroatoms. The highest BCUT2D eigenvalue weighted by atomic mass is 19.1. The molecule has 0 spiro atoms. The summed E-state index contributed by atoms with van der Waals surface area (Å²) >= 11 is 0. The average Bonchev–Trinajstić information content (AvgIpc) is 3.21. The van der Waals surface area contributed by atoms with Crippen molar-refractivity contribution >= 4 is 5.57 Å². The highest BCUT2D eigenvalue weighted by molar-refractivity contribution is 5.79. The van der Waals surface area contributed by atoms with Crippen LogP contribution in [0.4, 0.5) is 4.39 Å². The molecule has 1 saturated heterocycles. The molecule has 1 fully saturated rings. The van der Waals surface area contributed by atoms with Crippen LogP contribution < -0.4 is 0 Å². The highest BCUT2D eigenvalue weighted by Crippen LogP contribution is 2.27. The molecule has 1 aliphatic rings. The second-order valence-corrected chi connectivity index (χ2v) is 8.18. The lowest BCUT2D eigenvalue weighted by Gasteiger charge is -2.37. The van der Waals surface area contributed by atoms with Gasteiger partial charge in [-0.25, -0.2) is 14.1 Å². The Morgan fingerprint density at radius 3 is 2.52 bits per heavy atom. The van der Waals surface area contributed by atoms with Gasteiger partial charge in [0.2, 0.25) is 0 Å². The Kier molecular flexibility index (Phi) is 7.15. The molecular formula is C27H30FN5. The van der Waals surface area contributed by atoms with Gasteiger partial charge in [-0.2, -0.15) is 5.10 Å². The first-order valence-corrected chi connectivity index (χ1v) is 11.3. The number of halogens is 1. The van der Waals surface area contributed by atoms with Crippen molar-refractivity contribution in [3.8, 4) is 5.82 Å². The van der Waals surface area contributed by atoms with E-state index in [0.717, 1.165) is 61.1 Å². The largest absolute Gasteiger partial charge is 0.369 e. The minimum atomic E-state index is -0.231. The Labute approximate surface area is 195 Å². The van der Waals surface area contributed by atoms with Gasteiger partial charge in [0.25, 0.3) is 0 Å². The number of rotatable bonds is 7. The van der Waals surface area contributed by atoms with Crippen molar-refractivity contribution < 1.29 is 4.39 Å². The maximum absolute atomic E-state index is 13.4. The van der Waals surface area contributed by atoms with Gasteiger partial charge in [-0.15, -0.1) is 0 Å². The number of pyridine rings is 1. The predicted molar refractivity (Wildman–Crippen MR) is 131 cm³/mol. The topological polar surface area (TPSA) is 37.2 Å². The average molecular weight is 444 g/mol. The van der Waals surface area contributed by atoms with Crippen LogP contribution in [0.5, 0.6) is 0 Å². The molecule has 0 saturated carbocycles. The third kappa shape index (κ3) is 5.29. The Bertz CT molecular complexity index is 1140. The molecule has 0 unspecified atom stereocenters. The molecule has 0 aliphatic carbocycles. The van der Waals surface area contributed by atoms with Crippen molar-refractivity contribution in [2.45, 2.75) is 20.4 Å². The lowest BCUT2D eigenvalue weighted by Crippen LogP contribution is -2.45. The summed E-state index contributed by atoms with van der Waals surface area (Å²) in [6, 6.07) is 12.5. The van der Waals surface area contributed by atoms with Gasteiger partial charge in [0.1, 0.15) is 5.82 Å². The first kappa shape index (κ1) is 22.7. The zero-order valence-corrected chi connectivity index (χ0v) is 19.3. The molecule has 33 heavy (non-hydrogen) atoms. The van der Waals surface area contributed by atoms with Gasteiger partial charge in [-0.1, -0.05) is 43.0 Å². The molecule has 170 valence electrons. The van der Waals surface area contributed by atoms with Crippen molar-refractivity contribution in [3.63, 3.8) is 0 Å². The lowest BCUT2D eigenvalue weighted by atomic mass is 10.0. The van der Waals surface area contributed by atoms with Crippen LogP contribution in [0, 0.1) is 12.7 Å². The number of hydrogen-bond acceptors (Lipinski definition) is 4. The monoisotopic (exact) mass is 443 g/mol. The first-order chi connectivity index (χ1) is 16.1. The fourth-order valence-corrected chi connectivity index (χ4v) is 4.08. The van der Waals surface area contributed by atoms with Crippen LogP contribution in [0.2, 0.25) is 0 Å². The van der Waals surface area contributed by atoms with E-state index in [-0.39, 0.29) is 5.82 Å². The van der Waals surface area contributed by atoms with Crippen LogP contribution in [0.15, 0.2) is 85.4 Å². The number of allylic oxidation sites excluding steroid dienone is 4. The van der Waals surface area contributed by atoms with E-state index in [4.69, 9.17) is 0 Å². The SMILES string of the molecule is C=C(/C(=C\C=C/C)c1ccc(F)cc1)N1CCN(Cc2cnn(-c3ccccn3)c2C)CC1. The van der Waals surface area contributed by atoms with Crippen molar-refractivity contribution in [2.75, 3.05) is 26.2 Å². The summed E-state index contributed by atoms with van der Waals surface area (Å²) in [6.07, 6.45) is 9.77. The standard InChI is InChI=1S/C27H30FN5/c1-4-5-8-26(23-10-12-25(28)13-11-23)22(3)32-17-15-31(16-18-32)20-24-19-30-33(21(24)2)27-9-6-7-14-29-27/h4-14,19H,3,15-18,20H2,1-2H3/b5-4-,26-8+. The minimum Gasteiger partial charge on any atom is -0.369 e. The lowest BCUT2D eigenvalue weighted by molar-refractivity contribution is 0.157. The molecule has 0 atom stereocenters. The fourth-order valence-electron chi connectivity index (χ4n) is 4.08. The maximum Gasteiger partial charge on any atom is 0.153 e. The van der Waals surface area contributed by atoms with Crippen LogP contribution in [0.1, 0.15) is 23.7 Å². The van der Waals surface area contributed by atoms with E-state index < -0.39 is 0 Å². The van der Waals surface area contributed by atoms with Gasteiger partial charge < -0.3 is 4.90 Å². The molecular weight excluding hydrogens is 413 g/mol. The summed E-state index contributed by atoms with van der Waals surface area (Å²) < 4.78 is 15.3. The molecule has 4 rings (SSSR count). The molecule has 2 aromatic heterocycles. The first-order valence-electron chi connectivity index (χ1n) is 11.3. The van der Waals surface area contributed by atoms with E-state index in [2.05, 4.69) is 39.5 Å². The maximum atomic E-state index is 13.4. The van der Waals surface area contributed by atoms with Gasteiger partial charge in [-0.05, 0) is 43.7 Å². The summed E-state index contributed by atoms with van der Waals surface area (Å²) in [4.78, 5) is 9.17. The zero-order chi connectivity index (χ0) is 23.2. The molecule has 1 aromatic carbocycles. The van der Waals surface area contributed by atoms with Gasteiger partial charge in [0, 0.05) is 61.4 Å². The molecule has 1 aliphatic heterocycles. The summed E-state index contributed by atoms with van der Waals surface area (Å²) in [5, 5.41) is 4.55. The van der Waals surface area contributed by atoms with Gasteiger partial charge >= 0.3 is 0 Å². The Hall–Kier alpha value is -3.51.